The SMILES string of the molecule is C/C(=C\c1csc(C)n1)[C@@H]1C[C@H](O)/C(C)=C/CC[C@H](C)[C@H](O)[C@@H](C)C(=O)C(C)(C)[C@@H](O)CC(=O)O1. The second-order valence-electron chi connectivity index (χ2n) is 10.5. The van der Waals surface area contributed by atoms with Gasteiger partial charge in [-0.2, -0.15) is 0 Å². The maximum atomic E-state index is 13.2. The molecule has 0 spiro atoms. The molecule has 1 aromatic rings. The average Bonchev–Trinajstić information content (AvgIpc) is 3.20. The van der Waals surface area contributed by atoms with Crippen molar-refractivity contribution < 1.29 is 29.6 Å². The van der Waals surface area contributed by atoms with Gasteiger partial charge >= 0.3 is 5.97 Å². The van der Waals surface area contributed by atoms with E-state index >= 15 is 0 Å². The first-order valence-corrected chi connectivity index (χ1v) is 13.2. The van der Waals surface area contributed by atoms with Crippen LogP contribution in [0.15, 0.2) is 22.6 Å². The quantitative estimate of drug-likeness (QED) is 0.405. The molecule has 0 bridgehead atoms. The Morgan fingerprint density at radius 3 is 2.46 bits per heavy atom. The minimum atomic E-state index is -1.28. The number of aliphatic hydroxyl groups excluding tert-OH is 3. The van der Waals surface area contributed by atoms with E-state index in [0.29, 0.717) is 12.8 Å². The van der Waals surface area contributed by atoms with Crippen LogP contribution in [0.4, 0.5) is 0 Å². The van der Waals surface area contributed by atoms with Gasteiger partial charge in [-0.1, -0.05) is 33.8 Å². The van der Waals surface area contributed by atoms with Crippen LogP contribution in [-0.2, 0) is 14.3 Å². The normalized spacial score (nSPS) is 33.7. The van der Waals surface area contributed by atoms with Crippen LogP contribution < -0.4 is 0 Å². The summed E-state index contributed by atoms with van der Waals surface area (Å²) in [6.45, 7) is 12.3. The third-order valence-corrected chi connectivity index (χ3v) is 7.97. The monoisotopic (exact) mass is 507 g/mol. The van der Waals surface area contributed by atoms with Crippen molar-refractivity contribution in [3.8, 4) is 0 Å². The molecule has 1 aliphatic heterocycles. The van der Waals surface area contributed by atoms with Crippen LogP contribution in [0.5, 0.6) is 0 Å². The van der Waals surface area contributed by atoms with Crippen molar-refractivity contribution >= 4 is 29.2 Å². The van der Waals surface area contributed by atoms with E-state index < -0.39 is 41.7 Å². The van der Waals surface area contributed by atoms with Crippen molar-refractivity contribution in [2.24, 2.45) is 17.3 Å². The molecule has 1 aliphatic rings. The summed E-state index contributed by atoms with van der Waals surface area (Å²) in [5, 5.41) is 35.3. The van der Waals surface area contributed by atoms with Gasteiger partial charge in [0.15, 0.2) is 0 Å². The maximum Gasteiger partial charge on any atom is 0.309 e. The number of ether oxygens (including phenoxy) is 1. The number of cyclic esters (lactones) is 1. The summed E-state index contributed by atoms with van der Waals surface area (Å²) in [5.41, 5.74) is 0.988. The average molecular weight is 508 g/mol. The van der Waals surface area contributed by atoms with Gasteiger partial charge in [0.2, 0.25) is 0 Å². The summed E-state index contributed by atoms with van der Waals surface area (Å²) in [5.74, 6) is -1.81. The highest BCUT2D eigenvalue weighted by Gasteiger charge is 2.42. The number of ketones is 1. The number of hydrogen-bond acceptors (Lipinski definition) is 8. The number of carbonyl (C=O) groups is 2. The Balaban J connectivity index is 2.38. The molecule has 0 fully saturated rings. The summed E-state index contributed by atoms with van der Waals surface area (Å²) in [6.07, 6.45) is 1.12. The first-order valence-electron chi connectivity index (χ1n) is 12.3. The lowest BCUT2D eigenvalue weighted by Gasteiger charge is -2.34. The van der Waals surface area contributed by atoms with Crippen LogP contribution in [0.2, 0.25) is 0 Å². The van der Waals surface area contributed by atoms with Gasteiger partial charge in [0, 0.05) is 17.7 Å². The van der Waals surface area contributed by atoms with Crippen LogP contribution in [0.1, 0.15) is 77.9 Å². The highest BCUT2D eigenvalue weighted by molar-refractivity contribution is 7.09. The van der Waals surface area contributed by atoms with E-state index in [1.807, 2.05) is 45.2 Å². The number of nitrogens with zero attached hydrogens (tertiary/aromatic N) is 1. The molecule has 2 heterocycles. The Kier molecular flexibility index (Phi) is 10.4. The molecule has 0 amide bonds. The third-order valence-electron chi connectivity index (χ3n) is 7.18. The number of Topliss-reactive ketones (excluding diaryl/α,β-unsaturated/α-hetero) is 1. The third kappa shape index (κ3) is 7.81. The molecule has 0 aromatic carbocycles. The van der Waals surface area contributed by atoms with Gasteiger partial charge in [-0.15, -0.1) is 11.3 Å². The number of aryl methyl sites for hydroxylation is 1. The maximum absolute atomic E-state index is 13.2. The van der Waals surface area contributed by atoms with Crippen LogP contribution in [0.3, 0.4) is 0 Å². The smallest absolute Gasteiger partial charge is 0.309 e. The first-order chi connectivity index (χ1) is 16.2. The Morgan fingerprint density at radius 2 is 1.86 bits per heavy atom. The van der Waals surface area contributed by atoms with Crippen molar-refractivity contribution in [2.75, 3.05) is 0 Å². The summed E-state index contributed by atoms with van der Waals surface area (Å²) < 4.78 is 5.74. The molecule has 0 radical (unpaired) electrons. The van der Waals surface area contributed by atoms with E-state index in [2.05, 4.69) is 4.98 Å². The van der Waals surface area contributed by atoms with Gasteiger partial charge in [-0.05, 0) is 56.8 Å². The number of allylic oxidation sites excluding steroid dienone is 1. The molecule has 2 rings (SSSR count). The molecule has 196 valence electrons. The molecule has 0 saturated carbocycles. The largest absolute Gasteiger partial charge is 0.458 e. The summed E-state index contributed by atoms with van der Waals surface area (Å²) in [4.78, 5) is 30.5. The van der Waals surface area contributed by atoms with Gasteiger partial charge in [0.25, 0.3) is 0 Å². The van der Waals surface area contributed by atoms with Crippen LogP contribution >= 0.6 is 11.3 Å². The summed E-state index contributed by atoms with van der Waals surface area (Å²) in [6, 6.07) is 0. The standard InChI is InChI=1S/C27H41NO6S/c1-15-9-8-10-16(2)25(32)18(4)26(33)27(6,7)23(30)13-24(31)34-22(12-21(15)29)17(3)11-20-14-35-19(5)28-20/h9,11,14,16,18,21-23,25,29-30,32H,8,10,12-13H2,1-7H3/b15-9+,17-11+/t16-,18+,21-,22-,23-,25-/m0/s1. The van der Waals surface area contributed by atoms with E-state index in [0.717, 1.165) is 21.8 Å². The minimum Gasteiger partial charge on any atom is -0.458 e. The molecule has 0 saturated heterocycles. The van der Waals surface area contributed by atoms with E-state index in [-0.39, 0.29) is 24.5 Å². The highest BCUT2D eigenvalue weighted by atomic mass is 32.1. The second-order valence-corrected chi connectivity index (χ2v) is 11.6. The van der Waals surface area contributed by atoms with Crippen molar-refractivity contribution in [3.63, 3.8) is 0 Å². The van der Waals surface area contributed by atoms with Crippen molar-refractivity contribution in [3.05, 3.63) is 33.3 Å². The van der Waals surface area contributed by atoms with Gasteiger partial charge in [0.1, 0.15) is 11.9 Å². The fraction of sp³-hybridized carbons (Fsp3) is 0.667. The number of aromatic nitrogens is 1. The molecule has 6 atom stereocenters. The number of aliphatic hydroxyl groups is 3. The molecule has 0 unspecified atom stereocenters. The van der Waals surface area contributed by atoms with Gasteiger partial charge < -0.3 is 20.1 Å². The Bertz CT molecular complexity index is 949. The van der Waals surface area contributed by atoms with E-state index in [4.69, 9.17) is 4.74 Å². The number of esters is 1. The fourth-order valence-electron chi connectivity index (χ4n) is 4.39. The van der Waals surface area contributed by atoms with Crippen molar-refractivity contribution in [2.45, 2.75) is 98.6 Å². The van der Waals surface area contributed by atoms with E-state index in [1.54, 1.807) is 20.8 Å². The van der Waals surface area contributed by atoms with Crippen LogP contribution in [0.25, 0.3) is 6.08 Å². The lowest BCUT2D eigenvalue weighted by atomic mass is 9.73. The zero-order valence-corrected chi connectivity index (χ0v) is 22.8. The number of thiazole rings is 1. The molecule has 35 heavy (non-hydrogen) atoms. The number of carbonyl (C=O) groups excluding carboxylic acids is 2. The van der Waals surface area contributed by atoms with Gasteiger partial charge in [-0.25, -0.2) is 4.98 Å². The lowest BCUT2D eigenvalue weighted by molar-refractivity contribution is -0.155. The van der Waals surface area contributed by atoms with Gasteiger partial charge in [0.05, 0.1) is 40.8 Å². The molecular weight excluding hydrogens is 466 g/mol. The lowest BCUT2D eigenvalue weighted by Crippen LogP contribution is -2.45. The highest BCUT2D eigenvalue weighted by Crippen LogP contribution is 2.32. The summed E-state index contributed by atoms with van der Waals surface area (Å²) >= 11 is 1.52. The van der Waals surface area contributed by atoms with Gasteiger partial charge in [-0.3, -0.25) is 9.59 Å². The predicted molar refractivity (Wildman–Crippen MR) is 138 cm³/mol. The Morgan fingerprint density at radius 1 is 1.20 bits per heavy atom. The first kappa shape index (κ1) is 29.4. The minimum absolute atomic E-state index is 0.152. The number of rotatable bonds is 2. The zero-order valence-electron chi connectivity index (χ0n) is 21.9. The van der Waals surface area contributed by atoms with E-state index in [1.165, 1.54) is 11.3 Å². The zero-order chi connectivity index (χ0) is 26.5. The van der Waals surface area contributed by atoms with Crippen molar-refractivity contribution in [1.82, 2.24) is 4.98 Å². The fourth-order valence-corrected chi connectivity index (χ4v) is 4.96. The molecule has 0 aliphatic carbocycles. The molecule has 7 nitrogen and oxygen atoms in total. The molecule has 3 N–H and O–H groups in total. The molecule has 1 aromatic heterocycles. The number of hydrogen-bond donors (Lipinski definition) is 3. The molecule has 8 heteroatoms. The Labute approximate surface area is 212 Å². The predicted octanol–water partition coefficient (Wildman–Crippen LogP) is 4.24. The topological polar surface area (TPSA) is 117 Å². The van der Waals surface area contributed by atoms with E-state index in [9.17, 15) is 24.9 Å². The molecular formula is C27H41NO6S. The summed E-state index contributed by atoms with van der Waals surface area (Å²) in [7, 11) is 0. The van der Waals surface area contributed by atoms with Crippen LogP contribution in [-0.4, -0.2) is 56.5 Å². The van der Waals surface area contributed by atoms with Crippen molar-refractivity contribution in [1.29, 1.82) is 0 Å². The van der Waals surface area contributed by atoms with Crippen LogP contribution in [0, 0.1) is 24.2 Å². The second kappa shape index (κ2) is 12.4. The Hall–Kier alpha value is -1.87.